The summed E-state index contributed by atoms with van der Waals surface area (Å²) in [7, 11) is 4.14. The van der Waals surface area contributed by atoms with Crippen molar-refractivity contribution in [2.75, 3.05) is 31.9 Å². The van der Waals surface area contributed by atoms with Crippen molar-refractivity contribution in [3.8, 4) is 0 Å². The molecule has 0 fully saturated rings. The number of hydrogen-bond acceptors (Lipinski definition) is 6. The van der Waals surface area contributed by atoms with E-state index in [1.807, 2.05) is 0 Å². The molecule has 0 bridgehead atoms. The van der Waals surface area contributed by atoms with E-state index in [0.717, 1.165) is 6.08 Å². The maximum absolute atomic E-state index is 11.6. The maximum Gasteiger partial charge on any atom is 0.354 e. The number of ether oxygens (including phenoxy) is 2. The van der Waals surface area contributed by atoms with Crippen LogP contribution in [0.5, 0.6) is 0 Å². The van der Waals surface area contributed by atoms with Crippen LogP contribution >= 0.6 is 11.6 Å². The van der Waals surface area contributed by atoms with Gasteiger partial charge >= 0.3 is 11.9 Å². The molecule has 20 heavy (non-hydrogen) atoms. The Balaban J connectivity index is 3.10. The molecule has 0 unspecified atom stereocenters. The van der Waals surface area contributed by atoms with Gasteiger partial charge in [0.05, 0.1) is 31.7 Å². The van der Waals surface area contributed by atoms with E-state index in [1.165, 1.54) is 14.2 Å². The number of carbonyl (C=O) groups excluding carboxylic acids is 2. The maximum atomic E-state index is 11.6. The zero-order valence-corrected chi connectivity index (χ0v) is 12.1. The number of methoxy groups -OCH3 is 2. The summed E-state index contributed by atoms with van der Waals surface area (Å²) in [4.78, 5) is 22.9. The predicted octanol–water partition coefficient (Wildman–Crippen LogP) is 2.02. The lowest BCUT2D eigenvalue weighted by atomic mass is 10.2. The van der Waals surface area contributed by atoms with Crippen LogP contribution in [0.2, 0.25) is 5.02 Å². The van der Waals surface area contributed by atoms with Gasteiger partial charge in [-0.1, -0.05) is 11.6 Å². The van der Waals surface area contributed by atoms with Gasteiger partial charge in [-0.3, -0.25) is 0 Å². The molecule has 6 nitrogen and oxygen atoms in total. The number of esters is 2. The van der Waals surface area contributed by atoms with Gasteiger partial charge in [-0.25, -0.2) is 9.59 Å². The molecule has 1 aromatic rings. The minimum absolute atomic E-state index is 0.0434. The van der Waals surface area contributed by atoms with Crippen molar-refractivity contribution >= 4 is 34.9 Å². The van der Waals surface area contributed by atoms with E-state index in [1.54, 1.807) is 25.2 Å². The van der Waals surface area contributed by atoms with E-state index < -0.39 is 11.9 Å². The second kappa shape index (κ2) is 7.40. The summed E-state index contributed by atoms with van der Waals surface area (Å²) in [6.07, 6.45) is 1.01. The van der Waals surface area contributed by atoms with E-state index in [4.69, 9.17) is 11.6 Å². The first-order valence-electron chi connectivity index (χ1n) is 5.64. The average Bonchev–Trinajstić information content (AvgIpc) is 2.46. The Kier molecular flexibility index (Phi) is 5.86. The molecule has 0 aromatic heterocycles. The normalized spacial score (nSPS) is 10.7. The Morgan fingerprint density at radius 3 is 2.45 bits per heavy atom. The standard InChI is InChI=1S/C13H15ClN2O4/c1-15-10-6-8(14)4-5-9(10)16-11(13(18)20-3)7-12(17)19-2/h4-7,15-16H,1-3H3/b11-7+. The van der Waals surface area contributed by atoms with Gasteiger partial charge in [-0.15, -0.1) is 0 Å². The van der Waals surface area contributed by atoms with Crippen LogP contribution in [0.25, 0.3) is 0 Å². The molecule has 1 aromatic carbocycles. The van der Waals surface area contributed by atoms with E-state index in [9.17, 15) is 9.59 Å². The van der Waals surface area contributed by atoms with Crippen LogP contribution < -0.4 is 10.6 Å². The van der Waals surface area contributed by atoms with Crippen LogP contribution in [0.1, 0.15) is 0 Å². The Morgan fingerprint density at radius 2 is 1.90 bits per heavy atom. The topological polar surface area (TPSA) is 76.7 Å². The van der Waals surface area contributed by atoms with Crippen molar-refractivity contribution < 1.29 is 19.1 Å². The third-order valence-electron chi connectivity index (χ3n) is 2.39. The second-order valence-electron chi connectivity index (χ2n) is 3.64. The fraction of sp³-hybridized carbons (Fsp3) is 0.231. The molecule has 0 aliphatic carbocycles. The number of hydrogen-bond donors (Lipinski definition) is 2. The molecule has 7 heteroatoms. The van der Waals surface area contributed by atoms with Crippen LogP contribution in [-0.4, -0.2) is 33.2 Å². The van der Waals surface area contributed by atoms with Crippen LogP contribution in [0.4, 0.5) is 11.4 Å². The molecule has 0 saturated carbocycles. The van der Waals surface area contributed by atoms with Gasteiger partial charge in [-0.05, 0) is 18.2 Å². The largest absolute Gasteiger partial charge is 0.466 e. The summed E-state index contributed by atoms with van der Waals surface area (Å²) in [5.74, 6) is -1.36. The number of benzene rings is 1. The first-order valence-corrected chi connectivity index (χ1v) is 6.02. The van der Waals surface area contributed by atoms with Crippen molar-refractivity contribution in [2.24, 2.45) is 0 Å². The Labute approximate surface area is 121 Å². The minimum atomic E-state index is -0.688. The lowest BCUT2D eigenvalue weighted by Gasteiger charge is -2.13. The van der Waals surface area contributed by atoms with Crippen LogP contribution in [0, 0.1) is 0 Å². The van der Waals surface area contributed by atoms with Crippen molar-refractivity contribution in [1.29, 1.82) is 0 Å². The quantitative estimate of drug-likeness (QED) is 0.640. The van der Waals surface area contributed by atoms with Crippen LogP contribution in [0.3, 0.4) is 0 Å². The predicted molar refractivity (Wildman–Crippen MR) is 76.7 cm³/mol. The van der Waals surface area contributed by atoms with Gasteiger partial charge in [0.1, 0.15) is 5.70 Å². The van der Waals surface area contributed by atoms with Crippen LogP contribution in [-0.2, 0) is 19.1 Å². The van der Waals surface area contributed by atoms with Gasteiger partial charge in [0.2, 0.25) is 0 Å². The minimum Gasteiger partial charge on any atom is -0.466 e. The highest BCUT2D eigenvalue weighted by Gasteiger charge is 2.14. The number of nitrogens with one attached hydrogen (secondary N) is 2. The molecule has 0 radical (unpaired) electrons. The van der Waals surface area contributed by atoms with Gasteiger partial charge in [-0.2, -0.15) is 0 Å². The number of carbonyl (C=O) groups is 2. The van der Waals surface area contributed by atoms with Crippen molar-refractivity contribution in [3.05, 3.63) is 35.0 Å². The summed E-state index contributed by atoms with van der Waals surface area (Å²) in [5.41, 5.74) is 1.19. The smallest absolute Gasteiger partial charge is 0.354 e. The number of halogens is 1. The lowest BCUT2D eigenvalue weighted by Crippen LogP contribution is -2.16. The number of rotatable bonds is 5. The van der Waals surface area contributed by atoms with E-state index >= 15 is 0 Å². The highest BCUT2D eigenvalue weighted by atomic mass is 35.5. The Bertz CT molecular complexity index is 543. The molecule has 1 rings (SSSR count). The van der Waals surface area contributed by atoms with Crippen LogP contribution in [0.15, 0.2) is 30.0 Å². The highest BCUT2D eigenvalue weighted by Crippen LogP contribution is 2.26. The fourth-order valence-corrected chi connectivity index (χ4v) is 1.58. The first-order chi connectivity index (χ1) is 9.51. The molecule has 108 valence electrons. The molecule has 0 heterocycles. The third-order valence-corrected chi connectivity index (χ3v) is 2.62. The molecule has 0 saturated heterocycles. The molecule has 0 aliphatic rings. The van der Waals surface area contributed by atoms with Gasteiger partial charge in [0.25, 0.3) is 0 Å². The van der Waals surface area contributed by atoms with E-state index in [0.29, 0.717) is 16.4 Å². The molecule has 0 atom stereocenters. The Hall–Kier alpha value is -2.21. The third kappa shape index (κ3) is 4.17. The SMILES string of the molecule is CNc1cc(Cl)ccc1N/C(=C/C(=O)OC)C(=O)OC. The molecular formula is C13H15ClN2O4. The van der Waals surface area contributed by atoms with Gasteiger partial charge in [0.15, 0.2) is 0 Å². The summed E-state index contributed by atoms with van der Waals surface area (Å²) in [6.45, 7) is 0. The molecule has 0 spiro atoms. The highest BCUT2D eigenvalue weighted by molar-refractivity contribution is 6.31. The summed E-state index contributed by atoms with van der Waals surface area (Å²) >= 11 is 5.88. The molecular weight excluding hydrogens is 284 g/mol. The number of anilines is 2. The van der Waals surface area contributed by atoms with Gasteiger partial charge in [0, 0.05) is 12.1 Å². The summed E-state index contributed by atoms with van der Waals surface area (Å²) < 4.78 is 9.09. The van der Waals surface area contributed by atoms with Crippen molar-refractivity contribution in [1.82, 2.24) is 0 Å². The van der Waals surface area contributed by atoms with Crippen molar-refractivity contribution in [2.45, 2.75) is 0 Å². The first kappa shape index (κ1) is 15.8. The average molecular weight is 299 g/mol. The monoisotopic (exact) mass is 298 g/mol. The summed E-state index contributed by atoms with van der Waals surface area (Å²) in [5, 5.41) is 6.27. The molecule has 2 N–H and O–H groups in total. The fourth-order valence-electron chi connectivity index (χ4n) is 1.41. The molecule has 0 aliphatic heterocycles. The lowest BCUT2D eigenvalue weighted by molar-refractivity contribution is -0.138. The van der Waals surface area contributed by atoms with E-state index in [2.05, 4.69) is 20.1 Å². The Morgan fingerprint density at radius 1 is 1.20 bits per heavy atom. The zero-order chi connectivity index (χ0) is 15.1. The van der Waals surface area contributed by atoms with Gasteiger partial charge < -0.3 is 20.1 Å². The second-order valence-corrected chi connectivity index (χ2v) is 4.07. The molecule has 0 amide bonds. The van der Waals surface area contributed by atoms with E-state index in [-0.39, 0.29) is 5.70 Å². The van der Waals surface area contributed by atoms with Crippen molar-refractivity contribution in [3.63, 3.8) is 0 Å². The zero-order valence-electron chi connectivity index (χ0n) is 11.3. The summed E-state index contributed by atoms with van der Waals surface area (Å²) in [6, 6.07) is 5.00.